The van der Waals surface area contributed by atoms with E-state index in [1.165, 1.54) is 21.0 Å². The van der Waals surface area contributed by atoms with Gasteiger partial charge in [0.25, 0.3) is 0 Å². The number of hydrogen-bond donors (Lipinski definition) is 1. The number of hydrogen-bond acceptors (Lipinski definition) is 19. The highest BCUT2D eigenvalue weighted by Gasteiger charge is 2.54. The second kappa shape index (κ2) is 28.8. The first-order valence-corrected chi connectivity index (χ1v) is 24.3. The topological polar surface area (TPSA) is 218 Å². The van der Waals surface area contributed by atoms with Gasteiger partial charge in [0.15, 0.2) is 24.3 Å². The van der Waals surface area contributed by atoms with Gasteiger partial charge in [0.1, 0.15) is 42.9 Å². The van der Waals surface area contributed by atoms with Crippen LogP contribution in [0.2, 0.25) is 0 Å². The average Bonchev–Trinajstić information content (AvgIpc) is 3.22. The molecule has 3 rings (SSSR count). The zero-order valence-corrected chi connectivity index (χ0v) is 42.1. The zero-order valence-electron chi connectivity index (χ0n) is 41.3. The molecule has 0 amide bonds. The van der Waals surface area contributed by atoms with E-state index in [9.17, 15) is 33.9 Å². The summed E-state index contributed by atoms with van der Waals surface area (Å²) in [6.07, 6.45) is -0.392. The lowest BCUT2D eigenvalue weighted by Gasteiger charge is -2.50. The van der Waals surface area contributed by atoms with E-state index in [2.05, 4.69) is 0 Å². The van der Waals surface area contributed by atoms with Gasteiger partial charge in [-0.1, -0.05) is 39.0 Å². The Balaban J connectivity index is 0.00000485. The second-order valence-corrected chi connectivity index (χ2v) is 18.3. The van der Waals surface area contributed by atoms with Crippen LogP contribution in [0.15, 0.2) is 24.3 Å². The number of thioether (sulfide) groups is 1. The molecule has 3 heterocycles. The third-order valence-electron chi connectivity index (χ3n) is 11.5. The number of esters is 5. The Morgan fingerprint density at radius 3 is 2.11 bits per heavy atom. The van der Waals surface area contributed by atoms with Crippen LogP contribution in [0.5, 0.6) is 0 Å². The number of cyclic esters (lactones) is 1. The molecule has 0 bridgehead atoms. The molecular formula is C47H77NO17S. The fourth-order valence-corrected chi connectivity index (χ4v) is 8.57. The summed E-state index contributed by atoms with van der Waals surface area (Å²) in [5, 5.41) is 12.2. The van der Waals surface area contributed by atoms with Crippen LogP contribution in [0, 0.1) is 11.8 Å². The highest BCUT2D eigenvalue weighted by Crippen LogP contribution is 2.39. The Morgan fingerprint density at radius 1 is 0.909 bits per heavy atom. The van der Waals surface area contributed by atoms with Crippen LogP contribution in [0.4, 0.5) is 0 Å². The summed E-state index contributed by atoms with van der Waals surface area (Å²) in [4.78, 5) is 77.6. The predicted molar refractivity (Wildman–Crippen MR) is 244 cm³/mol. The number of likely N-dealkylation sites (N-methyl/N-ethyl adjacent to an activating group) is 1. The summed E-state index contributed by atoms with van der Waals surface area (Å²) in [6, 6.07) is -0.833. The minimum atomic E-state index is -1.45. The van der Waals surface area contributed by atoms with Gasteiger partial charge in [-0.05, 0) is 78.6 Å². The number of rotatable bonds is 14. The minimum Gasteiger partial charge on any atom is -0.462 e. The van der Waals surface area contributed by atoms with Crippen molar-refractivity contribution in [2.75, 3.05) is 33.7 Å². The number of aldehydes is 1. The Morgan fingerprint density at radius 2 is 1.55 bits per heavy atom. The van der Waals surface area contributed by atoms with Crippen molar-refractivity contribution in [3.63, 3.8) is 0 Å². The molecule has 66 heavy (non-hydrogen) atoms. The van der Waals surface area contributed by atoms with Gasteiger partial charge >= 0.3 is 29.8 Å². The van der Waals surface area contributed by atoms with Crippen LogP contribution in [0.25, 0.3) is 0 Å². The number of allylic oxidation sites excluding steroid dienone is 2. The molecule has 3 aliphatic rings. The SMILES string of the molecule is CCC(=O)O[C@@H]1CC(=O)O[C@H](C)C/C=C/C=C/[C@H](OC(C)=O)[C@H](C)C[C@H](CC=O)[C@H](O[C@@H]2O[C@H](C)[C@@H](O[C@H]3C[C@@](C)(OC(C)=O)[C@@H](OC(=O)CC)[C@H](C)O3)[C@H](N(C)C)[C@H]2O)[C@H]1OC.CSC. The highest BCUT2D eigenvalue weighted by atomic mass is 32.2. The summed E-state index contributed by atoms with van der Waals surface area (Å²) in [7, 11) is 4.82. The van der Waals surface area contributed by atoms with E-state index in [0.29, 0.717) is 12.7 Å². The molecule has 0 radical (unpaired) electrons. The molecule has 18 nitrogen and oxygen atoms in total. The molecule has 2 fully saturated rings. The third-order valence-corrected chi connectivity index (χ3v) is 11.5. The fraction of sp³-hybridized carbons (Fsp3) is 0.787. The van der Waals surface area contributed by atoms with Gasteiger partial charge in [0, 0.05) is 53.1 Å². The minimum absolute atomic E-state index is 0.0260. The number of aliphatic hydroxyl groups excluding tert-OH is 1. The number of carbonyl (C=O) groups is 6. The van der Waals surface area contributed by atoms with E-state index >= 15 is 0 Å². The largest absolute Gasteiger partial charge is 0.462 e. The fourth-order valence-electron chi connectivity index (χ4n) is 8.57. The second-order valence-electron chi connectivity index (χ2n) is 17.5. The molecule has 0 saturated carbocycles. The van der Waals surface area contributed by atoms with E-state index in [0.717, 1.165) is 0 Å². The lowest BCUT2D eigenvalue weighted by molar-refractivity contribution is -0.344. The van der Waals surface area contributed by atoms with Gasteiger partial charge in [-0.3, -0.25) is 24.0 Å². The molecule has 0 aromatic heterocycles. The normalized spacial score (nSPS) is 36.6. The highest BCUT2D eigenvalue weighted by molar-refractivity contribution is 7.97. The molecule has 0 spiro atoms. The Hall–Kier alpha value is -3.43. The molecule has 0 aromatic rings. The lowest BCUT2D eigenvalue weighted by atomic mass is 9.82. The molecule has 0 aliphatic carbocycles. The van der Waals surface area contributed by atoms with Crippen LogP contribution < -0.4 is 0 Å². The maximum Gasteiger partial charge on any atom is 0.309 e. The molecule has 378 valence electrons. The van der Waals surface area contributed by atoms with E-state index in [-0.39, 0.29) is 32.1 Å². The summed E-state index contributed by atoms with van der Waals surface area (Å²) >= 11 is 1.75. The molecular weight excluding hydrogens is 883 g/mol. The van der Waals surface area contributed by atoms with Gasteiger partial charge in [-0.25, -0.2) is 0 Å². The summed E-state index contributed by atoms with van der Waals surface area (Å²) in [5.74, 6) is -4.06. The molecule has 3 aliphatic heterocycles. The first-order chi connectivity index (χ1) is 31.1. The lowest BCUT2D eigenvalue weighted by Crippen LogP contribution is -2.66. The Bertz CT molecular complexity index is 1610. The molecule has 0 aromatic carbocycles. The first kappa shape index (κ1) is 58.7. The number of aliphatic hydroxyl groups is 1. The monoisotopic (exact) mass is 959 g/mol. The van der Waals surface area contributed by atoms with E-state index < -0.39 is 133 Å². The van der Waals surface area contributed by atoms with Gasteiger partial charge in [-0.2, -0.15) is 11.8 Å². The van der Waals surface area contributed by atoms with Crippen LogP contribution in [0.1, 0.15) is 107 Å². The van der Waals surface area contributed by atoms with Crippen molar-refractivity contribution in [1.29, 1.82) is 0 Å². The number of ether oxygens (including phenoxy) is 10. The van der Waals surface area contributed by atoms with Gasteiger partial charge in [0.05, 0.1) is 30.8 Å². The van der Waals surface area contributed by atoms with Crippen LogP contribution in [-0.4, -0.2) is 165 Å². The molecule has 16 atom stereocenters. The quantitative estimate of drug-likeness (QED) is 0.139. The maximum absolute atomic E-state index is 13.4. The number of carbonyl (C=O) groups excluding carboxylic acids is 6. The van der Waals surface area contributed by atoms with Crippen LogP contribution >= 0.6 is 11.8 Å². The standard InChI is InChI=1S/C45H71NO17.C2H6S/c1-13-34(50)59-33-23-36(52)55-26(4)18-16-15-17-19-32(58-29(7)48)25(3)22-31(20-21-47)41(42(33)54-12)62-44-39(53)38(46(10)11)40(27(5)57-44)61-37-24-45(9,63-30(8)49)43(28(6)56-37)60-35(51)14-2;1-3-2/h15-17,19,21,25-28,31-33,37-44,53H,13-14,18,20,22-24H2,1-12H3;1-2H3/b16-15+,19-17+;/t25-,26-,27-,28+,31+,32+,33-,37+,38-,39-,40-,41+,42+,43+,44+,45-;/m1./s1. The van der Waals surface area contributed by atoms with E-state index in [1.807, 2.05) is 19.4 Å². The van der Waals surface area contributed by atoms with Crippen molar-refractivity contribution >= 4 is 47.9 Å². The van der Waals surface area contributed by atoms with Crippen molar-refractivity contribution in [3.05, 3.63) is 24.3 Å². The van der Waals surface area contributed by atoms with Gasteiger partial charge in [0.2, 0.25) is 0 Å². The van der Waals surface area contributed by atoms with Crippen molar-refractivity contribution in [1.82, 2.24) is 4.90 Å². The number of methoxy groups -OCH3 is 1. The zero-order chi connectivity index (χ0) is 49.9. The van der Waals surface area contributed by atoms with Gasteiger partial charge < -0.3 is 62.2 Å². The summed E-state index contributed by atoms with van der Waals surface area (Å²) in [6.45, 7) is 14.4. The molecule has 0 unspecified atom stereocenters. The first-order valence-electron chi connectivity index (χ1n) is 22.7. The van der Waals surface area contributed by atoms with E-state index in [1.54, 1.807) is 96.6 Å². The van der Waals surface area contributed by atoms with Crippen molar-refractivity contribution in [2.24, 2.45) is 11.8 Å². The summed E-state index contributed by atoms with van der Waals surface area (Å²) < 4.78 is 60.7. The van der Waals surface area contributed by atoms with Crippen molar-refractivity contribution in [2.45, 2.75) is 193 Å². The summed E-state index contributed by atoms with van der Waals surface area (Å²) in [5.41, 5.74) is -1.33. The van der Waals surface area contributed by atoms with Crippen molar-refractivity contribution < 1.29 is 81.2 Å². The average molecular weight is 960 g/mol. The molecule has 2 saturated heterocycles. The molecule has 1 N–H and O–H groups in total. The third kappa shape index (κ3) is 17.9. The van der Waals surface area contributed by atoms with E-state index in [4.69, 9.17) is 47.4 Å². The van der Waals surface area contributed by atoms with Crippen molar-refractivity contribution in [3.8, 4) is 0 Å². The van der Waals surface area contributed by atoms with Crippen LogP contribution in [-0.2, 0) is 76.1 Å². The Labute approximate surface area is 395 Å². The number of nitrogens with zero attached hydrogens (tertiary/aromatic N) is 1. The van der Waals surface area contributed by atoms with Gasteiger partial charge in [-0.15, -0.1) is 0 Å². The maximum atomic E-state index is 13.4. The van der Waals surface area contributed by atoms with Crippen LogP contribution in [0.3, 0.4) is 0 Å². The predicted octanol–water partition coefficient (Wildman–Crippen LogP) is 4.89. The Kier molecular flexibility index (Phi) is 25.6. The smallest absolute Gasteiger partial charge is 0.309 e. The molecule has 19 heteroatoms.